The third-order valence-electron chi connectivity index (χ3n) is 4.72. The second-order valence-corrected chi connectivity index (χ2v) is 7.17. The zero-order chi connectivity index (χ0) is 14.7. The first-order valence-electron chi connectivity index (χ1n) is 7.45. The van der Waals surface area contributed by atoms with E-state index in [-0.39, 0.29) is 11.8 Å². The molecule has 2 rings (SSSR count). The molecule has 0 heterocycles. The van der Waals surface area contributed by atoms with Gasteiger partial charge in [-0.2, -0.15) is 0 Å². The third kappa shape index (κ3) is 3.63. The van der Waals surface area contributed by atoms with Gasteiger partial charge in [0, 0.05) is 4.47 Å². The summed E-state index contributed by atoms with van der Waals surface area (Å²) in [4.78, 5) is 11.5. The smallest absolute Gasteiger partial charge is 0.306 e. The topological polar surface area (TPSA) is 37.3 Å². The standard InChI is InChI=1S/C17H23BrO2/c1-11(2)12-7-8-15(17(19)20)14(9-12)10-13-5-3-4-6-16(13)18/h3-6,11-12,14-15H,7-10H2,1-2H3,(H,19,20). The molecule has 1 aliphatic carbocycles. The molecule has 20 heavy (non-hydrogen) atoms. The van der Waals surface area contributed by atoms with Crippen LogP contribution >= 0.6 is 15.9 Å². The molecule has 1 fully saturated rings. The van der Waals surface area contributed by atoms with Crippen molar-refractivity contribution in [2.75, 3.05) is 0 Å². The van der Waals surface area contributed by atoms with Gasteiger partial charge in [0.1, 0.15) is 0 Å². The molecule has 1 aromatic carbocycles. The molecule has 1 aliphatic rings. The van der Waals surface area contributed by atoms with E-state index >= 15 is 0 Å². The highest BCUT2D eigenvalue weighted by Crippen LogP contribution is 2.40. The minimum absolute atomic E-state index is 0.183. The number of carbonyl (C=O) groups is 1. The molecule has 3 heteroatoms. The van der Waals surface area contributed by atoms with E-state index in [1.165, 1.54) is 5.56 Å². The van der Waals surface area contributed by atoms with Gasteiger partial charge >= 0.3 is 5.97 Å². The fraction of sp³-hybridized carbons (Fsp3) is 0.588. The Hall–Kier alpha value is -0.830. The largest absolute Gasteiger partial charge is 0.481 e. The van der Waals surface area contributed by atoms with Crippen LogP contribution in [0, 0.1) is 23.7 Å². The zero-order valence-electron chi connectivity index (χ0n) is 12.2. The molecule has 1 N–H and O–H groups in total. The number of rotatable bonds is 4. The van der Waals surface area contributed by atoms with Crippen LogP contribution in [0.5, 0.6) is 0 Å². The summed E-state index contributed by atoms with van der Waals surface area (Å²) in [5.41, 5.74) is 1.23. The van der Waals surface area contributed by atoms with E-state index in [1.807, 2.05) is 18.2 Å². The fourth-order valence-electron chi connectivity index (χ4n) is 3.40. The zero-order valence-corrected chi connectivity index (χ0v) is 13.8. The summed E-state index contributed by atoms with van der Waals surface area (Å²) >= 11 is 3.58. The van der Waals surface area contributed by atoms with E-state index in [0.717, 1.165) is 30.2 Å². The number of halogens is 1. The first-order valence-corrected chi connectivity index (χ1v) is 8.24. The SMILES string of the molecule is CC(C)C1CCC(C(=O)O)C(Cc2ccccc2Br)C1. The minimum Gasteiger partial charge on any atom is -0.481 e. The Kier molecular flexibility index (Phi) is 5.25. The molecule has 0 saturated heterocycles. The Morgan fingerprint density at radius 3 is 2.65 bits per heavy atom. The molecule has 0 aromatic heterocycles. The first-order chi connectivity index (χ1) is 9.49. The Bertz CT molecular complexity index is 470. The Morgan fingerprint density at radius 2 is 2.05 bits per heavy atom. The van der Waals surface area contributed by atoms with Crippen molar-refractivity contribution in [3.63, 3.8) is 0 Å². The maximum absolute atomic E-state index is 11.5. The van der Waals surface area contributed by atoms with Crippen LogP contribution in [0.25, 0.3) is 0 Å². The molecule has 0 radical (unpaired) electrons. The van der Waals surface area contributed by atoms with Gasteiger partial charge in [0.15, 0.2) is 0 Å². The highest BCUT2D eigenvalue weighted by atomic mass is 79.9. The van der Waals surface area contributed by atoms with Gasteiger partial charge in [-0.1, -0.05) is 48.0 Å². The van der Waals surface area contributed by atoms with Crippen LogP contribution < -0.4 is 0 Å². The predicted octanol–water partition coefficient (Wildman–Crippen LogP) is 4.76. The summed E-state index contributed by atoms with van der Waals surface area (Å²) < 4.78 is 1.09. The molecular formula is C17H23BrO2. The van der Waals surface area contributed by atoms with Crippen molar-refractivity contribution in [3.05, 3.63) is 34.3 Å². The van der Waals surface area contributed by atoms with Gasteiger partial charge in [0.05, 0.1) is 5.92 Å². The molecule has 1 aromatic rings. The van der Waals surface area contributed by atoms with E-state index in [2.05, 4.69) is 35.8 Å². The van der Waals surface area contributed by atoms with Gasteiger partial charge in [0.2, 0.25) is 0 Å². The van der Waals surface area contributed by atoms with Crippen molar-refractivity contribution in [2.24, 2.45) is 23.7 Å². The van der Waals surface area contributed by atoms with Crippen LogP contribution in [-0.4, -0.2) is 11.1 Å². The van der Waals surface area contributed by atoms with Gasteiger partial charge in [0.25, 0.3) is 0 Å². The quantitative estimate of drug-likeness (QED) is 0.858. The third-order valence-corrected chi connectivity index (χ3v) is 5.50. The lowest BCUT2D eigenvalue weighted by molar-refractivity contribution is -0.145. The highest BCUT2D eigenvalue weighted by molar-refractivity contribution is 9.10. The minimum atomic E-state index is -0.621. The molecule has 0 spiro atoms. The Balaban J connectivity index is 2.15. The average molecular weight is 339 g/mol. The maximum atomic E-state index is 11.5. The van der Waals surface area contributed by atoms with Crippen LogP contribution in [-0.2, 0) is 11.2 Å². The number of benzene rings is 1. The molecule has 3 atom stereocenters. The molecule has 1 saturated carbocycles. The monoisotopic (exact) mass is 338 g/mol. The lowest BCUT2D eigenvalue weighted by Gasteiger charge is -2.36. The van der Waals surface area contributed by atoms with Crippen molar-refractivity contribution >= 4 is 21.9 Å². The number of carboxylic acid groups (broad SMARTS) is 1. The first kappa shape index (κ1) is 15.6. The average Bonchev–Trinajstić information content (AvgIpc) is 2.41. The summed E-state index contributed by atoms with van der Waals surface area (Å²) in [6, 6.07) is 8.16. The van der Waals surface area contributed by atoms with Crippen LogP contribution in [0.4, 0.5) is 0 Å². The fourth-order valence-corrected chi connectivity index (χ4v) is 3.85. The van der Waals surface area contributed by atoms with E-state index < -0.39 is 5.97 Å². The normalized spacial score (nSPS) is 26.7. The van der Waals surface area contributed by atoms with E-state index in [0.29, 0.717) is 11.8 Å². The molecule has 0 bridgehead atoms. The molecule has 3 unspecified atom stereocenters. The number of hydrogen-bond donors (Lipinski definition) is 1. The van der Waals surface area contributed by atoms with Gasteiger partial charge < -0.3 is 5.11 Å². The number of carboxylic acids is 1. The summed E-state index contributed by atoms with van der Waals surface area (Å²) in [5, 5.41) is 9.47. The lowest BCUT2D eigenvalue weighted by Crippen LogP contribution is -2.33. The summed E-state index contributed by atoms with van der Waals surface area (Å²) in [5.74, 6) is 0.762. The van der Waals surface area contributed by atoms with Crippen molar-refractivity contribution in [1.82, 2.24) is 0 Å². The van der Waals surface area contributed by atoms with Gasteiger partial charge in [-0.05, 0) is 55.1 Å². The van der Waals surface area contributed by atoms with Crippen LogP contribution in [0.2, 0.25) is 0 Å². The van der Waals surface area contributed by atoms with Crippen molar-refractivity contribution in [3.8, 4) is 0 Å². The molecular weight excluding hydrogens is 316 g/mol. The van der Waals surface area contributed by atoms with Crippen LogP contribution in [0.3, 0.4) is 0 Å². The molecule has 110 valence electrons. The molecule has 0 amide bonds. The number of aliphatic carboxylic acids is 1. The van der Waals surface area contributed by atoms with E-state index in [1.54, 1.807) is 0 Å². The van der Waals surface area contributed by atoms with Gasteiger partial charge in [-0.3, -0.25) is 4.79 Å². The van der Waals surface area contributed by atoms with Crippen molar-refractivity contribution in [2.45, 2.75) is 39.5 Å². The molecule has 2 nitrogen and oxygen atoms in total. The van der Waals surface area contributed by atoms with Crippen LogP contribution in [0.1, 0.15) is 38.7 Å². The van der Waals surface area contributed by atoms with Crippen LogP contribution in [0.15, 0.2) is 28.7 Å². The van der Waals surface area contributed by atoms with E-state index in [4.69, 9.17) is 0 Å². The Labute approximate surface area is 129 Å². The second-order valence-electron chi connectivity index (χ2n) is 6.32. The summed E-state index contributed by atoms with van der Waals surface area (Å²) in [7, 11) is 0. The van der Waals surface area contributed by atoms with E-state index in [9.17, 15) is 9.90 Å². The highest BCUT2D eigenvalue weighted by Gasteiger charge is 2.36. The van der Waals surface area contributed by atoms with Gasteiger partial charge in [-0.25, -0.2) is 0 Å². The lowest BCUT2D eigenvalue weighted by atomic mass is 9.69. The van der Waals surface area contributed by atoms with Gasteiger partial charge in [-0.15, -0.1) is 0 Å². The van der Waals surface area contributed by atoms with Crippen molar-refractivity contribution < 1.29 is 9.90 Å². The predicted molar refractivity (Wildman–Crippen MR) is 84.6 cm³/mol. The summed E-state index contributed by atoms with van der Waals surface area (Å²) in [6.45, 7) is 4.50. The molecule has 0 aliphatic heterocycles. The maximum Gasteiger partial charge on any atom is 0.306 e. The second kappa shape index (κ2) is 6.75. The Morgan fingerprint density at radius 1 is 1.35 bits per heavy atom. The summed E-state index contributed by atoms with van der Waals surface area (Å²) in [6.07, 6.45) is 3.78. The van der Waals surface area contributed by atoms with Crippen molar-refractivity contribution in [1.29, 1.82) is 0 Å². The number of hydrogen-bond acceptors (Lipinski definition) is 1.